The molecule has 0 aliphatic carbocycles. The molecular formula is C23H12BrClFN3O7S. The van der Waals surface area contributed by atoms with Gasteiger partial charge in [0.25, 0.3) is 16.8 Å². The molecule has 0 radical (unpaired) electrons. The highest BCUT2D eigenvalue weighted by molar-refractivity contribution is 9.10. The highest BCUT2D eigenvalue weighted by Crippen LogP contribution is 2.39. The van der Waals surface area contributed by atoms with Crippen molar-refractivity contribution >= 4 is 67.9 Å². The maximum Gasteiger partial charge on any atom is 0.318 e. The van der Waals surface area contributed by atoms with Crippen LogP contribution in [0.15, 0.2) is 64.0 Å². The Morgan fingerprint density at radius 3 is 2.46 bits per heavy atom. The molecule has 2 amide bonds. The summed E-state index contributed by atoms with van der Waals surface area (Å²) >= 11 is 9.95. The average molecular weight is 609 g/mol. The van der Waals surface area contributed by atoms with Crippen LogP contribution in [0.25, 0.3) is 6.08 Å². The zero-order valence-corrected chi connectivity index (χ0v) is 21.4. The summed E-state index contributed by atoms with van der Waals surface area (Å²) in [6, 6.07) is 11.5. The van der Waals surface area contributed by atoms with Gasteiger partial charge in [-0.3, -0.25) is 34.7 Å². The number of ether oxygens (including phenoxy) is 1. The van der Waals surface area contributed by atoms with Crippen LogP contribution in [0, 0.1) is 26.0 Å². The lowest BCUT2D eigenvalue weighted by molar-refractivity contribution is -0.394. The van der Waals surface area contributed by atoms with Gasteiger partial charge in [-0.15, -0.1) is 0 Å². The summed E-state index contributed by atoms with van der Waals surface area (Å²) in [7, 11) is 0. The Morgan fingerprint density at radius 1 is 1.05 bits per heavy atom. The summed E-state index contributed by atoms with van der Waals surface area (Å²) in [6.07, 6.45) is 1.35. The van der Waals surface area contributed by atoms with Crippen LogP contribution in [-0.4, -0.2) is 25.9 Å². The molecule has 0 bridgehead atoms. The van der Waals surface area contributed by atoms with Crippen molar-refractivity contribution in [3.63, 3.8) is 0 Å². The molecule has 1 saturated heterocycles. The minimum atomic E-state index is -0.819. The molecule has 0 spiro atoms. The Balaban J connectivity index is 1.67. The van der Waals surface area contributed by atoms with Gasteiger partial charge in [-0.2, -0.15) is 0 Å². The van der Waals surface area contributed by atoms with E-state index in [1.54, 1.807) is 12.1 Å². The predicted octanol–water partition coefficient (Wildman–Crippen LogP) is 7.09. The Labute approximate surface area is 225 Å². The highest BCUT2D eigenvalue weighted by atomic mass is 79.9. The number of hydrogen-bond donors (Lipinski definition) is 0. The number of carbonyl (C=O) groups excluding carboxylic acids is 2. The number of nitrogens with zero attached hydrogens (tertiary/aromatic N) is 3. The molecule has 3 aromatic rings. The van der Waals surface area contributed by atoms with Crippen molar-refractivity contribution in [2.75, 3.05) is 0 Å². The first-order valence-corrected chi connectivity index (χ1v) is 12.1. The number of carbonyl (C=O) groups is 2. The first kappa shape index (κ1) is 26.3. The average Bonchev–Trinajstić information content (AvgIpc) is 3.10. The standard InChI is InChI=1S/C23H12BrClFN3O7S/c24-13-4-6-19(36-20-7-5-14(28(32)33)10-18(20)29(34)35)12(8-13)9-21-22(30)27(23(31)37-21)11-15-16(25)2-1-3-17(15)26/h1-10H,11H2/b21-9-. The molecule has 1 aliphatic heterocycles. The molecule has 14 heteroatoms. The van der Waals surface area contributed by atoms with Crippen LogP contribution in [0.2, 0.25) is 5.02 Å². The van der Waals surface area contributed by atoms with Gasteiger partial charge in [0.15, 0.2) is 0 Å². The number of amides is 2. The second-order valence-corrected chi connectivity index (χ2v) is 9.73. The summed E-state index contributed by atoms with van der Waals surface area (Å²) in [6.45, 7) is -0.371. The van der Waals surface area contributed by atoms with Crippen molar-refractivity contribution in [3.05, 3.63) is 106 Å². The molecule has 0 unspecified atom stereocenters. The molecule has 0 saturated carbocycles. The van der Waals surface area contributed by atoms with E-state index in [2.05, 4.69) is 15.9 Å². The number of benzene rings is 3. The predicted molar refractivity (Wildman–Crippen MR) is 137 cm³/mol. The fourth-order valence-corrected chi connectivity index (χ4v) is 4.74. The van der Waals surface area contributed by atoms with E-state index in [-0.39, 0.29) is 39.1 Å². The van der Waals surface area contributed by atoms with Gasteiger partial charge < -0.3 is 4.74 Å². The maximum absolute atomic E-state index is 14.2. The Hall–Kier alpha value is -3.81. The van der Waals surface area contributed by atoms with Crippen molar-refractivity contribution in [1.29, 1.82) is 0 Å². The van der Waals surface area contributed by atoms with Gasteiger partial charge in [0.1, 0.15) is 11.6 Å². The van der Waals surface area contributed by atoms with Gasteiger partial charge in [-0.1, -0.05) is 33.6 Å². The molecule has 0 N–H and O–H groups in total. The fourth-order valence-electron chi connectivity index (χ4n) is 3.31. The molecule has 3 aromatic carbocycles. The summed E-state index contributed by atoms with van der Waals surface area (Å²) in [5.41, 5.74) is -0.856. The largest absolute Gasteiger partial charge is 0.449 e. The van der Waals surface area contributed by atoms with Crippen LogP contribution in [-0.2, 0) is 11.3 Å². The van der Waals surface area contributed by atoms with Crippen LogP contribution < -0.4 is 4.74 Å². The summed E-state index contributed by atoms with van der Waals surface area (Å²) < 4.78 is 20.5. The first-order valence-electron chi connectivity index (χ1n) is 10.1. The topological polar surface area (TPSA) is 133 Å². The van der Waals surface area contributed by atoms with Gasteiger partial charge in [-0.25, -0.2) is 4.39 Å². The molecule has 1 fully saturated rings. The van der Waals surface area contributed by atoms with Crippen LogP contribution in [0.5, 0.6) is 11.5 Å². The monoisotopic (exact) mass is 607 g/mol. The Morgan fingerprint density at radius 2 is 1.78 bits per heavy atom. The molecule has 0 atom stereocenters. The number of non-ortho nitro benzene ring substituents is 1. The molecule has 188 valence electrons. The van der Waals surface area contributed by atoms with E-state index in [0.717, 1.165) is 23.1 Å². The van der Waals surface area contributed by atoms with E-state index < -0.39 is 38.2 Å². The molecular weight excluding hydrogens is 597 g/mol. The lowest BCUT2D eigenvalue weighted by Gasteiger charge is -2.14. The van der Waals surface area contributed by atoms with Gasteiger partial charge in [0, 0.05) is 26.7 Å². The highest BCUT2D eigenvalue weighted by Gasteiger charge is 2.36. The van der Waals surface area contributed by atoms with Crippen LogP contribution >= 0.6 is 39.3 Å². The summed E-state index contributed by atoms with van der Waals surface area (Å²) in [5.74, 6) is -1.55. The van der Waals surface area contributed by atoms with Crippen LogP contribution in [0.3, 0.4) is 0 Å². The smallest absolute Gasteiger partial charge is 0.318 e. The second-order valence-electron chi connectivity index (χ2n) is 7.42. The second kappa shape index (κ2) is 10.7. The molecule has 1 heterocycles. The lowest BCUT2D eigenvalue weighted by atomic mass is 10.1. The number of rotatable bonds is 7. The maximum atomic E-state index is 14.2. The van der Waals surface area contributed by atoms with E-state index >= 15 is 0 Å². The van der Waals surface area contributed by atoms with Crippen molar-refractivity contribution in [3.8, 4) is 11.5 Å². The van der Waals surface area contributed by atoms with Crippen molar-refractivity contribution in [2.24, 2.45) is 0 Å². The van der Waals surface area contributed by atoms with E-state index in [0.29, 0.717) is 16.2 Å². The minimum Gasteiger partial charge on any atom is -0.449 e. The Kier molecular flexibility index (Phi) is 7.57. The molecule has 0 aromatic heterocycles. The first-order chi connectivity index (χ1) is 17.5. The lowest BCUT2D eigenvalue weighted by Crippen LogP contribution is -2.28. The van der Waals surface area contributed by atoms with Crippen molar-refractivity contribution in [2.45, 2.75) is 6.54 Å². The third-order valence-electron chi connectivity index (χ3n) is 5.08. The summed E-state index contributed by atoms with van der Waals surface area (Å²) in [4.78, 5) is 47.3. The number of nitro groups is 2. The van der Waals surface area contributed by atoms with E-state index in [1.165, 1.54) is 30.3 Å². The quantitative estimate of drug-likeness (QED) is 0.158. The number of halogens is 3. The summed E-state index contributed by atoms with van der Waals surface area (Å²) in [5, 5.41) is 21.9. The number of imide groups is 1. The molecule has 4 rings (SSSR count). The van der Waals surface area contributed by atoms with Crippen LogP contribution in [0.1, 0.15) is 11.1 Å². The molecule has 37 heavy (non-hydrogen) atoms. The zero-order valence-electron chi connectivity index (χ0n) is 18.2. The van der Waals surface area contributed by atoms with Gasteiger partial charge in [0.05, 0.1) is 27.4 Å². The third kappa shape index (κ3) is 5.63. The van der Waals surface area contributed by atoms with Crippen LogP contribution in [0.4, 0.5) is 20.6 Å². The number of thioether (sulfide) groups is 1. The zero-order chi connectivity index (χ0) is 26.9. The number of hydrogen-bond acceptors (Lipinski definition) is 8. The normalized spacial score (nSPS) is 14.4. The van der Waals surface area contributed by atoms with Gasteiger partial charge >= 0.3 is 5.69 Å². The van der Waals surface area contributed by atoms with E-state index in [4.69, 9.17) is 16.3 Å². The van der Waals surface area contributed by atoms with E-state index in [1.807, 2.05) is 0 Å². The van der Waals surface area contributed by atoms with Crippen molar-refractivity contribution < 1.29 is 28.6 Å². The SMILES string of the molecule is O=C1S/C(=C\c2cc(Br)ccc2Oc2ccc([N+](=O)[O-])cc2[N+](=O)[O-])C(=O)N1Cc1c(F)cccc1Cl. The number of nitro benzene ring substituents is 2. The third-order valence-corrected chi connectivity index (χ3v) is 6.83. The fraction of sp³-hybridized carbons (Fsp3) is 0.0435. The van der Waals surface area contributed by atoms with Gasteiger partial charge in [-0.05, 0) is 54.2 Å². The molecule has 1 aliphatic rings. The Bertz CT molecular complexity index is 1500. The van der Waals surface area contributed by atoms with Crippen molar-refractivity contribution in [1.82, 2.24) is 4.90 Å². The van der Waals surface area contributed by atoms with Gasteiger partial charge in [0.2, 0.25) is 5.75 Å². The van der Waals surface area contributed by atoms with E-state index in [9.17, 15) is 34.2 Å². The molecule has 10 nitrogen and oxygen atoms in total. The minimum absolute atomic E-state index is 0.00129.